The van der Waals surface area contributed by atoms with Crippen molar-refractivity contribution in [2.24, 2.45) is 0 Å². The van der Waals surface area contributed by atoms with Crippen LogP contribution in [0.2, 0.25) is 0 Å². The smallest absolute Gasteiger partial charge is 0.269 e. The lowest BCUT2D eigenvalue weighted by atomic mass is 10.1. The van der Waals surface area contributed by atoms with Crippen molar-refractivity contribution < 1.29 is 14.5 Å². The Morgan fingerprint density at radius 1 is 1.03 bits per heavy atom. The predicted molar refractivity (Wildman–Crippen MR) is 151 cm³/mol. The highest BCUT2D eigenvalue weighted by Crippen LogP contribution is 2.27. The van der Waals surface area contributed by atoms with Crippen LogP contribution >= 0.6 is 11.8 Å². The molecule has 1 N–H and O–H groups in total. The van der Waals surface area contributed by atoms with Gasteiger partial charge in [-0.25, -0.2) is 0 Å². The van der Waals surface area contributed by atoms with Crippen LogP contribution in [0.25, 0.3) is 5.69 Å². The average Bonchev–Trinajstić information content (AvgIpc) is 3.38. The number of non-ortho nitro benzene ring substituents is 1. The summed E-state index contributed by atoms with van der Waals surface area (Å²) in [7, 11) is 1.63. The Hall–Kier alpha value is -4.18. The minimum Gasteiger partial charge on any atom is -0.497 e. The molecule has 1 heterocycles. The van der Waals surface area contributed by atoms with Crippen molar-refractivity contribution in [3.63, 3.8) is 0 Å². The summed E-state index contributed by atoms with van der Waals surface area (Å²) in [4.78, 5) is 23.6. The van der Waals surface area contributed by atoms with Gasteiger partial charge in [-0.05, 0) is 60.4 Å². The first-order chi connectivity index (χ1) is 19.0. The highest BCUT2D eigenvalue weighted by molar-refractivity contribution is 7.98. The first kappa shape index (κ1) is 27.8. The lowest BCUT2D eigenvalue weighted by Crippen LogP contribution is -2.24. The number of methoxy groups -OCH3 is 1. The maximum absolute atomic E-state index is 12.9. The molecule has 10 heteroatoms. The number of hydrogen-bond donors (Lipinski definition) is 1. The lowest BCUT2D eigenvalue weighted by Gasteiger charge is -2.11. The number of ether oxygens (including phenoxy) is 1. The number of carbonyl (C=O) groups is 1. The third kappa shape index (κ3) is 7.44. The quantitative estimate of drug-likeness (QED) is 0.0929. The molecule has 0 unspecified atom stereocenters. The summed E-state index contributed by atoms with van der Waals surface area (Å²) in [5.74, 6) is 1.68. The van der Waals surface area contributed by atoms with Gasteiger partial charge in [0.1, 0.15) is 5.75 Å². The fraction of sp³-hybridized carbons (Fsp3) is 0.276. The summed E-state index contributed by atoms with van der Waals surface area (Å²) >= 11 is 1.47. The minimum atomic E-state index is -0.440. The number of rotatable bonds is 13. The fourth-order valence-corrected chi connectivity index (χ4v) is 4.98. The van der Waals surface area contributed by atoms with Gasteiger partial charge in [-0.2, -0.15) is 0 Å². The first-order valence-electron chi connectivity index (χ1n) is 12.8. The van der Waals surface area contributed by atoms with Crippen LogP contribution < -0.4 is 10.1 Å². The van der Waals surface area contributed by atoms with E-state index in [2.05, 4.69) is 22.4 Å². The van der Waals surface area contributed by atoms with Crippen LogP contribution in [0.15, 0.2) is 78.0 Å². The number of unbranched alkanes of at least 4 members (excludes halogenated alkanes) is 2. The van der Waals surface area contributed by atoms with Crippen LogP contribution in [-0.4, -0.2) is 32.7 Å². The van der Waals surface area contributed by atoms with Crippen LogP contribution in [0.4, 0.5) is 5.69 Å². The second-order valence-corrected chi connectivity index (χ2v) is 9.93. The van der Waals surface area contributed by atoms with Gasteiger partial charge in [-0.15, -0.1) is 10.2 Å². The van der Waals surface area contributed by atoms with E-state index >= 15 is 0 Å². The van der Waals surface area contributed by atoms with E-state index in [0.29, 0.717) is 28.0 Å². The van der Waals surface area contributed by atoms with Crippen molar-refractivity contribution in [1.82, 2.24) is 20.1 Å². The van der Waals surface area contributed by atoms with E-state index in [1.54, 1.807) is 19.2 Å². The number of thioether (sulfide) groups is 1. The van der Waals surface area contributed by atoms with Crippen molar-refractivity contribution in [2.45, 2.75) is 50.1 Å². The molecule has 0 aliphatic heterocycles. The number of carbonyl (C=O) groups excluding carboxylic acids is 1. The van der Waals surface area contributed by atoms with Crippen molar-refractivity contribution in [3.05, 3.63) is 105 Å². The molecule has 0 fully saturated rings. The normalized spacial score (nSPS) is 10.8. The second kappa shape index (κ2) is 13.6. The Balaban J connectivity index is 1.51. The van der Waals surface area contributed by atoms with Crippen LogP contribution in [0.5, 0.6) is 5.75 Å². The molecule has 0 aliphatic rings. The SMILES string of the molecule is CCCCCc1ccc(C(=O)NCc2nnc(SCc3cccc(OC)c3)n2-c2ccc([N+](=O)[O-])cc2)cc1. The minimum absolute atomic E-state index is 0.00889. The number of nitrogens with zero attached hydrogens (tertiary/aromatic N) is 4. The molecule has 0 bridgehead atoms. The van der Waals surface area contributed by atoms with E-state index in [1.807, 2.05) is 53.1 Å². The van der Waals surface area contributed by atoms with Crippen molar-refractivity contribution in [3.8, 4) is 11.4 Å². The molecule has 1 aromatic heterocycles. The van der Waals surface area contributed by atoms with Gasteiger partial charge in [-0.3, -0.25) is 19.5 Å². The molecule has 39 heavy (non-hydrogen) atoms. The molecule has 4 aromatic rings. The Morgan fingerprint density at radius 2 is 1.79 bits per heavy atom. The van der Waals surface area contributed by atoms with Gasteiger partial charge in [0.2, 0.25) is 0 Å². The van der Waals surface area contributed by atoms with Gasteiger partial charge in [0.15, 0.2) is 11.0 Å². The number of aryl methyl sites for hydroxylation is 1. The summed E-state index contributed by atoms with van der Waals surface area (Å²) in [6, 6.07) is 21.6. The molecule has 0 saturated carbocycles. The molecule has 0 spiro atoms. The zero-order valence-electron chi connectivity index (χ0n) is 22.0. The van der Waals surface area contributed by atoms with Crippen molar-refractivity contribution in [1.29, 1.82) is 0 Å². The predicted octanol–water partition coefficient (Wildman–Crippen LogP) is 6.14. The first-order valence-corrected chi connectivity index (χ1v) is 13.8. The van der Waals surface area contributed by atoms with E-state index in [1.165, 1.54) is 42.3 Å². The molecule has 4 rings (SSSR count). The highest BCUT2D eigenvalue weighted by atomic mass is 32.2. The molecule has 202 valence electrons. The maximum atomic E-state index is 12.9. The Kier molecular flexibility index (Phi) is 9.69. The molecule has 0 aliphatic carbocycles. The van der Waals surface area contributed by atoms with Crippen LogP contribution in [0.3, 0.4) is 0 Å². The Bertz CT molecular complexity index is 1400. The standard InChI is InChI=1S/C29H31N5O4S/c1-3-4-5-7-21-10-12-23(13-11-21)28(35)30-19-27-31-32-29(39-20-22-8-6-9-26(18-22)38-2)33(27)24-14-16-25(17-15-24)34(36)37/h6,8-18H,3-5,7,19-20H2,1-2H3,(H,30,35). The van der Waals surface area contributed by atoms with E-state index < -0.39 is 4.92 Å². The van der Waals surface area contributed by atoms with Crippen LogP contribution in [0, 0.1) is 10.1 Å². The number of benzene rings is 3. The second-order valence-electron chi connectivity index (χ2n) is 8.98. The van der Waals surface area contributed by atoms with Gasteiger partial charge in [0, 0.05) is 29.1 Å². The number of hydrogen-bond acceptors (Lipinski definition) is 7. The Morgan fingerprint density at radius 3 is 2.49 bits per heavy atom. The lowest BCUT2D eigenvalue weighted by molar-refractivity contribution is -0.384. The molecule has 1 amide bonds. The van der Waals surface area contributed by atoms with Gasteiger partial charge in [0.05, 0.1) is 18.6 Å². The molecule has 0 atom stereocenters. The molecule has 0 saturated heterocycles. The van der Waals surface area contributed by atoms with Gasteiger partial charge >= 0.3 is 0 Å². The van der Waals surface area contributed by atoms with Crippen molar-refractivity contribution in [2.75, 3.05) is 7.11 Å². The Labute approximate surface area is 231 Å². The maximum Gasteiger partial charge on any atom is 0.269 e. The third-order valence-corrected chi connectivity index (χ3v) is 7.21. The fourth-order valence-electron chi connectivity index (χ4n) is 4.06. The monoisotopic (exact) mass is 545 g/mol. The van der Waals surface area contributed by atoms with Crippen LogP contribution in [-0.2, 0) is 18.7 Å². The van der Waals surface area contributed by atoms with Gasteiger partial charge in [-0.1, -0.05) is 55.8 Å². The number of nitro benzene ring substituents is 1. The summed E-state index contributed by atoms with van der Waals surface area (Å²) < 4.78 is 7.13. The largest absolute Gasteiger partial charge is 0.497 e. The van der Waals surface area contributed by atoms with Gasteiger partial charge < -0.3 is 10.1 Å². The highest BCUT2D eigenvalue weighted by Gasteiger charge is 2.17. The van der Waals surface area contributed by atoms with E-state index in [0.717, 1.165) is 24.2 Å². The van der Waals surface area contributed by atoms with Crippen molar-refractivity contribution >= 4 is 23.4 Å². The number of nitro groups is 1. The molecular formula is C29H31N5O4S. The van der Waals surface area contributed by atoms with E-state index in [9.17, 15) is 14.9 Å². The number of nitrogens with one attached hydrogen (secondary N) is 1. The number of amides is 1. The van der Waals surface area contributed by atoms with E-state index in [4.69, 9.17) is 4.74 Å². The molecular weight excluding hydrogens is 514 g/mol. The van der Waals surface area contributed by atoms with Gasteiger partial charge in [0.25, 0.3) is 11.6 Å². The molecule has 0 radical (unpaired) electrons. The third-order valence-electron chi connectivity index (χ3n) is 6.21. The van der Waals surface area contributed by atoms with E-state index in [-0.39, 0.29) is 18.1 Å². The number of aromatic nitrogens is 3. The summed E-state index contributed by atoms with van der Waals surface area (Å²) in [5, 5.41) is 23.4. The summed E-state index contributed by atoms with van der Waals surface area (Å²) in [6.07, 6.45) is 4.51. The molecule has 9 nitrogen and oxygen atoms in total. The topological polar surface area (TPSA) is 112 Å². The molecule has 3 aromatic carbocycles. The zero-order chi connectivity index (χ0) is 27.6. The van der Waals surface area contributed by atoms with Crippen LogP contribution in [0.1, 0.15) is 53.5 Å². The summed E-state index contributed by atoms with van der Waals surface area (Å²) in [6.45, 7) is 2.32. The zero-order valence-corrected chi connectivity index (χ0v) is 22.8. The summed E-state index contributed by atoms with van der Waals surface area (Å²) in [5.41, 5.74) is 3.49. The average molecular weight is 546 g/mol.